The molecule has 0 atom stereocenters. The monoisotopic (exact) mass is 396 g/mol. The van der Waals surface area contributed by atoms with E-state index in [0.717, 1.165) is 18.9 Å². The number of hydrogen-bond acceptors (Lipinski definition) is 5. The third kappa shape index (κ3) is 4.37. The second-order valence-electron chi connectivity index (χ2n) is 6.70. The Hall–Kier alpha value is -3.42. The van der Waals surface area contributed by atoms with Crippen molar-refractivity contribution in [2.24, 2.45) is 0 Å². The molecule has 0 bridgehead atoms. The fourth-order valence-corrected chi connectivity index (χ4v) is 3.08. The third-order valence-corrected chi connectivity index (χ3v) is 4.34. The summed E-state index contributed by atoms with van der Waals surface area (Å²) in [6, 6.07) is 5.26. The summed E-state index contributed by atoms with van der Waals surface area (Å²) in [5, 5.41) is 13.3. The number of aromatic nitrogens is 4. The molecule has 0 saturated carbocycles. The molecular formula is C21H24N4O4. The number of benzene rings is 1. The molecule has 0 aliphatic heterocycles. The maximum absolute atomic E-state index is 12.8. The van der Waals surface area contributed by atoms with Gasteiger partial charge in [0, 0.05) is 12.6 Å². The van der Waals surface area contributed by atoms with Gasteiger partial charge in [-0.2, -0.15) is 5.10 Å². The molecule has 2 heterocycles. The van der Waals surface area contributed by atoms with Gasteiger partial charge in [-0.3, -0.25) is 9.48 Å². The number of aromatic amines is 1. The number of nitrogens with one attached hydrogen (secondary N) is 1. The van der Waals surface area contributed by atoms with E-state index in [-0.39, 0.29) is 5.56 Å². The van der Waals surface area contributed by atoms with Crippen molar-refractivity contribution in [3.05, 3.63) is 45.9 Å². The van der Waals surface area contributed by atoms with E-state index >= 15 is 0 Å². The summed E-state index contributed by atoms with van der Waals surface area (Å²) in [6.45, 7) is 6.99. The van der Waals surface area contributed by atoms with Crippen LogP contribution in [0.15, 0.2) is 29.1 Å². The van der Waals surface area contributed by atoms with E-state index in [0.29, 0.717) is 52.6 Å². The number of fused-ring (bicyclic) bond motifs is 1. The molecule has 1 aromatic carbocycles. The minimum absolute atomic E-state index is 0.271. The molecule has 0 amide bonds. The fraction of sp³-hybridized carbons (Fsp3) is 0.333. The van der Waals surface area contributed by atoms with E-state index in [9.17, 15) is 9.59 Å². The van der Waals surface area contributed by atoms with Gasteiger partial charge < -0.3 is 14.8 Å². The maximum Gasteiger partial charge on any atom is 0.328 e. The zero-order valence-corrected chi connectivity index (χ0v) is 16.7. The lowest BCUT2D eigenvalue weighted by Gasteiger charge is -2.12. The van der Waals surface area contributed by atoms with Crippen LogP contribution in [0.5, 0.6) is 5.75 Å². The largest absolute Gasteiger partial charge is 0.493 e. The zero-order chi connectivity index (χ0) is 21.0. The Balaban J connectivity index is 2.18. The summed E-state index contributed by atoms with van der Waals surface area (Å²) in [7, 11) is 0. The summed E-state index contributed by atoms with van der Waals surface area (Å²) in [5.41, 5.74) is 2.65. The van der Waals surface area contributed by atoms with Crippen LogP contribution in [0, 0.1) is 6.92 Å². The molecule has 3 rings (SSSR count). The molecule has 2 N–H and O–H groups in total. The lowest BCUT2D eigenvalue weighted by Crippen LogP contribution is -2.14. The van der Waals surface area contributed by atoms with E-state index in [1.807, 2.05) is 20.8 Å². The highest BCUT2D eigenvalue weighted by atomic mass is 16.5. The van der Waals surface area contributed by atoms with Crippen LogP contribution >= 0.6 is 0 Å². The van der Waals surface area contributed by atoms with E-state index in [4.69, 9.17) is 9.84 Å². The predicted octanol–water partition coefficient (Wildman–Crippen LogP) is 3.39. The molecule has 0 fully saturated rings. The minimum Gasteiger partial charge on any atom is -0.493 e. The number of rotatable bonds is 8. The topological polar surface area (TPSA) is 110 Å². The van der Waals surface area contributed by atoms with E-state index < -0.39 is 5.97 Å². The van der Waals surface area contributed by atoms with E-state index in [1.165, 1.54) is 6.08 Å². The first-order valence-electron chi connectivity index (χ1n) is 9.60. The second-order valence-corrected chi connectivity index (χ2v) is 6.70. The molecule has 0 radical (unpaired) electrons. The number of carboxylic acids is 1. The Morgan fingerprint density at radius 1 is 1.31 bits per heavy atom. The van der Waals surface area contributed by atoms with Gasteiger partial charge in [0.05, 0.1) is 17.9 Å². The van der Waals surface area contributed by atoms with E-state index in [2.05, 4.69) is 15.1 Å². The quantitative estimate of drug-likeness (QED) is 0.565. The summed E-state index contributed by atoms with van der Waals surface area (Å²) in [6.07, 6.45) is 4.22. The summed E-state index contributed by atoms with van der Waals surface area (Å²) in [5.74, 6) is -0.108. The summed E-state index contributed by atoms with van der Waals surface area (Å²) >= 11 is 0. The number of ether oxygens (including phenoxy) is 1. The average molecular weight is 396 g/mol. The van der Waals surface area contributed by atoms with Crippen LogP contribution in [-0.4, -0.2) is 37.4 Å². The molecule has 152 valence electrons. The second kappa shape index (κ2) is 8.72. The van der Waals surface area contributed by atoms with Gasteiger partial charge in [0.15, 0.2) is 5.52 Å². The normalized spacial score (nSPS) is 11.4. The third-order valence-electron chi connectivity index (χ3n) is 4.34. The van der Waals surface area contributed by atoms with Crippen molar-refractivity contribution in [1.82, 2.24) is 19.7 Å². The molecule has 0 spiro atoms. The van der Waals surface area contributed by atoms with Gasteiger partial charge >= 0.3 is 5.97 Å². The van der Waals surface area contributed by atoms with Crippen LogP contribution in [0.3, 0.4) is 0 Å². The lowest BCUT2D eigenvalue weighted by atomic mass is 10.1. The number of carbonyl (C=O) groups is 1. The standard InChI is InChI=1S/C21H24N4O4/c1-4-10-25-19-18(13(3)24-25)22-20(23-21(19)28)15-12-14(7-9-17(26)27)6-8-16(15)29-11-5-2/h6-9,12H,4-5,10-11H2,1-3H3,(H,26,27)(H,22,23,28)/b9-7+. The van der Waals surface area contributed by atoms with Gasteiger partial charge in [-0.15, -0.1) is 0 Å². The van der Waals surface area contributed by atoms with Crippen molar-refractivity contribution in [2.45, 2.75) is 40.2 Å². The average Bonchev–Trinajstić information content (AvgIpc) is 3.01. The molecule has 0 saturated heterocycles. The van der Waals surface area contributed by atoms with Gasteiger partial charge in [0.1, 0.15) is 17.1 Å². The van der Waals surface area contributed by atoms with Crippen molar-refractivity contribution in [3.8, 4) is 17.1 Å². The number of aliphatic carboxylic acids is 1. The summed E-state index contributed by atoms with van der Waals surface area (Å²) in [4.78, 5) is 31.2. The highest BCUT2D eigenvalue weighted by molar-refractivity contribution is 5.86. The molecule has 29 heavy (non-hydrogen) atoms. The van der Waals surface area contributed by atoms with E-state index in [1.54, 1.807) is 22.9 Å². The molecule has 0 aliphatic carbocycles. The van der Waals surface area contributed by atoms with Gasteiger partial charge in [-0.1, -0.05) is 19.9 Å². The Morgan fingerprint density at radius 3 is 2.79 bits per heavy atom. The van der Waals surface area contributed by atoms with Crippen molar-refractivity contribution in [1.29, 1.82) is 0 Å². The molecule has 8 nitrogen and oxygen atoms in total. The Kier molecular flexibility index (Phi) is 6.11. The van der Waals surface area contributed by atoms with Crippen LogP contribution in [0.1, 0.15) is 37.9 Å². The first kappa shape index (κ1) is 20.3. The minimum atomic E-state index is -1.04. The Morgan fingerprint density at radius 2 is 2.10 bits per heavy atom. The molecule has 0 unspecified atom stereocenters. The van der Waals surface area contributed by atoms with Crippen LogP contribution in [-0.2, 0) is 11.3 Å². The molecule has 3 aromatic rings. The van der Waals surface area contributed by atoms with Crippen LogP contribution < -0.4 is 10.3 Å². The zero-order valence-electron chi connectivity index (χ0n) is 16.7. The van der Waals surface area contributed by atoms with Crippen molar-refractivity contribution >= 4 is 23.1 Å². The lowest BCUT2D eigenvalue weighted by molar-refractivity contribution is -0.131. The number of hydrogen-bond donors (Lipinski definition) is 2. The smallest absolute Gasteiger partial charge is 0.328 e. The number of aryl methyl sites for hydroxylation is 2. The summed E-state index contributed by atoms with van der Waals surface area (Å²) < 4.78 is 7.51. The first-order chi connectivity index (χ1) is 13.9. The van der Waals surface area contributed by atoms with Crippen LogP contribution in [0.4, 0.5) is 0 Å². The van der Waals surface area contributed by atoms with Crippen molar-refractivity contribution < 1.29 is 14.6 Å². The van der Waals surface area contributed by atoms with Gasteiger partial charge in [0.25, 0.3) is 5.56 Å². The highest BCUT2D eigenvalue weighted by Gasteiger charge is 2.17. The molecular weight excluding hydrogens is 372 g/mol. The maximum atomic E-state index is 12.8. The van der Waals surface area contributed by atoms with Gasteiger partial charge in [-0.25, -0.2) is 9.78 Å². The van der Waals surface area contributed by atoms with Gasteiger partial charge in [0.2, 0.25) is 0 Å². The number of H-pyrrole nitrogens is 1. The molecule has 8 heteroatoms. The Bertz CT molecular complexity index is 1130. The Labute approximate surface area is 167 Å². The molecule has 2 aromatic heterocycles. The first-order valence-corrected chi connectivity index (χ1v) is 9.60. The fourth-order valence-electron chi connectivity index (χ4n) is 3.08. The SMILES string of the molecule is CCCOc1ccc(/C=C/C(=O)O)cc1-c1nc2c(C)nn(CCC)c2c(=O)[nH]1. The molecule has 0 aliphatic rings. The van der Waals surface area contributed by atoms with Crippen LogP contribution in [0.2, 0.25) is 0 Å². The number of carboxylic acid groups (broad SMARTS) is 1. The van der Waals surface area contributed by atoms with Crippen molar-refractivity contribution in [2.75, 3.05) is 6.61 Å². The van der Waals surface area contributed by atoms with Crippen LogP contribution in [0.25, 0.3) is 28.5 Å². The van der Waals surface area contributed by atoms with Crippen molar-refractivity contribution in [3.63, 3.8) is 0 Å². The number of nitrogens with zero attached hydrogens (tertiary/aromatic N) is 3. The highest BCUT2D eigenvalue weighted by Crippen LogP contribution is 2.30. The van der Waals surface area contributed by atoms with Gasteiger partial charge in [-0.05, 0) is 43.5 Å². The predicted molar refractivity (Wildman–Crippen MR) is 111 cm³/mol.